The van der Waals surface area contributed by atoms with Crippen molar-refractivity contribution in [1.29, 1.82) is 0 Å². The van der Waals surface area contributed by atoms with Gasteiger partial charge in [0.15, 0.2) is 23.0 Å². The smallest absolute Gasteiger partial charge is 0.238 e. The lowest BCUT2D eigenvalue weighted by Crippen LogP contribution is -2.39. The molecule has 7 rings (SSSR count). The molecule has 0 aliphatic carbocycles. The Hall–Kier alpha value is -6.19. The van der Waals surface area contributed by atoms with E-state index < -0.39 is 0 Å². The van der Waals surface area contributed by atoms with Gasteiger partial charge in [0.1, 0.15) is 31.6 Å². The third-order valence-corrected chi connectivity index (χ3v) is 10.1. The summed E-state index contributed by atoms with van der Waals surface area (Å²) in [6.07, 6.45) is -0.275. The molecule has 5 aromatic carbocycles. The number of ether oxygens (including phenoxy) is 7. The minimum Gasteiger partial charge on any atom is -0.486 e. The predicted molar refractivity (Wildman–Crippen MR) is 249 cm³/mol. The van der Waals surface area contributed by atoms with Crippen molar-refractivity contribution in [2.24, 2.45) is 0 Å². The molecule has 13 heteroatoms. The minimum absolute atomic E-state index is 0.275. The summed E-state index contributed by atoms with van der Waals surface area (Å²) >= 11 is 0. The van der Waals surface area contributed by atoms with E-state index in [1.165, 1.54) is 5.56 Å². The Morgan fingerprint density at radius 3 is 2.12 bits per heavy atom. The quantitative estimate of drug-likeness (QED) is 0.0359. The Morgan fingerprint density at radius 2 is 1.39 bits per heavy atom. The fourth-order valence-corrected chi connectivity index (χ4v) is 6.88. The molecule has 1 aliphatic rings. The molecule has 0 saturated heterocycles. The van der Waals surface area contributed by atoms with Gasteiger partial charge in [0, 0.05) is 30.9 Å². The van der Waals surface area contributed by atoms with Crippen LogP contribution in [0, 0.1) is 0 Å². The van der Waals surface area contributed by atoms with E-state index >= 15 is 0 Å². The maximum absolute atomic E-state index is 6.41. The topological polar surface area (TPSA) is 126 Å². The largest absolute Gasteiger partial charge is 0.486 e. The molecule has 2 heterocycles. The average molecular weight is 870 g/mol. The highest BCUT2D eigenvalue weighted by Gasteiger charge is 2.25. The Bertz CT molecular complexity index is 2300. The molecule has 1 atom stereocenters. The van der Waals surface area contributed by atoms with Crippen molar-refractivity contribution in [3.8, 4) is 40.1 Å². The van der Waals surface area contributed by atoms with Crippen molar-refractivity contribution in [2.75, 3.05) is 79.3 Å². The van der Waals surface area contributed by atoms with Gasteiger partial charge in [-0.05, 0) is 84.9 Å². The summed E-state index contributed by atoms with van der Waals surface area (Å²) in [5.41, 5.74) is 10.7. The molecule has 0 fully saturated rings. The third-order valence-electron chi connectivity index (χ3n) is 10.1. The molecule has 0 amide bonds. The molecular formula is C51H59N5O8. The zero-order valence-electron chi connectivity index (χ0n) is 36.9. The van der Waals surface area contributed by atoms with Gasteiger partial charge in [0.2, 0.25) is 5.88 Å². The zero-order valence-corrected chi connectivity index (χ0v) is 36.9. The second kappa shape index (κ2) is 24.6. The lowest BCUT2D eigenvalue weighted by Gasteiger charge is -2.28. The Kier molecular flexibility index (Phi) is 17.6. The Balaban J connectivity index is 0.765. The second-order valence-electron chi connectivity index (χ2n) is 15.4. The normalized spacial score (nSPS) is 13.2. The number of methoxy groups -OCH3 is 1. The molecule has 13 nitrogen and oxygen atoms in total. The number of pyridine rings is 1. The van der Waals surface area contributed by atoms with Crippen LogP contribution in [-0.4, -0.2) is 89.9 Å². The van der Waals surface area contributed by atoms with Crippen LogP contribution >= 0.6 is 0 Å². The monoisotopic (exact) mass is 869 g/mol. The minimum atomic E-state index is -0.275. The van der Waals surface area contributed by atoms with Crippen LogP contribution in [-0.2, 0) is 40.6 Å². The van der Waals surface area contributed by atoms with Crippen molar-refractivity contribution < 1.29 is 38.0 Å². The van der Waals surface area contributed by atoms with Gasteiger partial charge in [-0.25, -0.2) is 4.98 Å². The summed E-state index contributed by atoms with van der Waals surface area (Å²) in [5, 5.41) is 6.87. The van der Waals surface area contributed by atoms with E-state index in [2.05, 4.69) is 77.6 Å². The predicted octanol–water partition coefficient (Wildman–Crippen LogP) is 8.20. The van der Waals surface area contributed by atoms with Gasteiger partial charge in [-0.15, -0.1) is 0 Å². The third kappa shape index (κ3) is 14.2. The number of hydrogen-bond donors (Lipinski definition) is 3. The van der Waals surface area contributed by atoms with Crippen molar-refractivity contribution in [2.45, 2.75) is 32.4 Å². The van der Waals surface area contributed by atoms with E-state index in [1.54, 1.807) is 7.11 Å². The van der Waals surface area contributed by atoms with Crippen LogP contribution in [0.4, 0.5) is 11.4 Å². The van der Waals surface area contributed by atoms with E-state index in [0.29, 0.717) is 107 Å². The van der Waals surface area contributed by atoms with Crippen LogP contribution in [0.1, 0.15) is 22.3 Å². The summed E-state index contributed by atoms with van der Waals surface area (Å²) in [7, 11) is 5.73. The number of hydroxylamine groups is 1. The Labute approximate surface area is 376 Å². The molecule has 0 saturated carbocycles. The standard InChI is InChI=1S/C51H59N5O8/c1-56(2)34-38-17-20-42(21-18-38)54-46-23-22-45(55-51(46)57-3)44-15-10-16-48-50(44)64-43(37-62-48)33-53-63-30-29-59-28-27-58-26-25-52-32-41-19-24-47(60-35-39-11-6-4-7-12-39)49(31-41)61-36-40-13-8-5-9-14-40/h4-24,31,43,52-54H,25-30,32-37H2,1-3H3. The summed E-state index contributed by atoms with van der Waals surface area (Å²) in [6, 6.07) is 44.3. The van der Waals surface area contributed by atoms with E-state index in [0.717, 1.165) is 40.2 Å². The number of para-hydroxylation sites is 1. The van der Waals surface area contributed by atoms with Crippen molar-refractivity contribution in [1.82, 2.24) is 20.7 Å². The highest BCUT2D eigenvalue weighted by atomic mass is 16.7. The second-order valence-corrected chi connectivity index (χ2v) is 15.4. The first-order valence-electron chi connectivity index (χ1n) is 21.7. The fourth-order valence-electron chi connectivity index (χ4n) is 6.88. The van der Waals surface area contributed by atoms with Gasteiger partial charge in [0.25, 0.3) is 0 Å². The number of nitrogens with one attached hydrogen (secondary N) is 3. The molecule has 336 valence electrons. The summed E-state index contributed by atoms with van der Waals surface area (Å²) in [6.45, 7) is 6.27. The highest BCUT2D eigenvalue weighted by molar-refractivity contribution is 5.75. The van der Waals surface area contributed by atoms with Crippen molar-refractivity contribution >= 4 is 11.4 Å². The van der Waals surface area contributed by atoms with Crippen molar-refractivity contribution in [3.63, 3.8) is 0 Å². The van der Waals surface area contributed by atoms with E-state index in [1.807, 2.05) is 91.0 Å². The van der Waals surface area contributed by atoms with Crippen LogP contribution in [0.2, 0.25) is 0 Å². The van der Waals surface area contributed by atoms with E-state index in [9.17, 15) is 0 Å². The molecular weight excluding hydrogens is 811 g/mol. The molecule has 1 aromatic heterocycles. The first kappa shape index (κ1) is 45.8. The number of hydrogen-bond acceptors (Lipinski definition) is 13. The van der Waals surface area contributed by atoms with Gasteiger partial charge in [-0.2, -0.15) is 5.48 Å². The number of benzene rings is 5. The lowest BCUT2D eigenvalue weighted by molar-refractivity contribution is -0.0330. The lowest BCUT2D eigenvalue weighted by atomic mass is 10.1. The average Bonchev–Trinajstić information content (AvgIpc) is 3.33. The van der Waals surface area contributed by atoms with Gasteiger partial charge in [0.05, 0.1) is 52.4 Å². The van der Waals surface area contributed by atoms with Gasteiger partial charge < -0.3 is 48.7 Å². The fraction of sp³-hybridized carbons (Fsp3) is 0.314. The number of anilines is 2. The van der Waals surface area contributed by atoms with Gasteiger partial charge in [-0.1, -0.05) is 84.9 Å². The SMILES string of the molecule is COc1nc(-c2cccc3c2OC(CNOCCOCCOCCNCc2ccc(OCc4ccccc4)c(OCc4ccccc4)c2)CO3)ccc1Nc1ccc(CN(C)C)cc1. The molecule has 64 heavy (non-hydrogen) atoms. The zero-order chi connectivity index (χ0) is 44.2. The first-order valence-corrected chi connectivity index (χ1v) is 21.7. The van der Waals surface area contributed by atoms with Gasteiger partial charge in [-0.3, -0.25) is 4.84 Å². The first-order chi connectivity index (χ1) is 31.5. The van der Waals surface area contributed by atoms with Crippen LogP contribution in [0.25, 0.3) is 11.3 Å². The maximum atomic E-state index is 6.41. The van der Waals surface area contributed by atoms with E-state index in [-0.39, 0.29) is 6.10 Å². The Morgan fingerprint density at radius 1 is 0.688 bits per heavy atom. The molecule has 1 unspecified atom stereocenters. The highest BCUT2D eigenvalue weighted by Crippen LogP contribution is 2.41. The molecule has 1 aliphatic heterocycles. The summed E-state index contributed by atoms with van der Waals surface area (Å²) in [5.74, 6) is 3.19. The van der Waals surface area contributed by atoms with Crippen LogP contribution < -0.4 is 39.8 Å². The van der Waals surface area contributed by atoms with Crippen LogP contribution in [0.5, 0.6) is 28.9 Å². The number of nitrogens with zero attached hydrogens (tertiary/aromatic N) is 2. The maximum Gasteiger partial charge on any atom is 0.238 e. The van der Waals surface area contributed by atoms with Gasteiger partial charge >= 0.3 is 0 Å². The van der Waals surface area contributed by atoms with Crippen LogP contribution in [0.15, 0.2) is 133 Å². The summed E-state index contributed by atoms with van der Waals surface area (Å²) in [4.78, 5) is 12.6. The van der Waals surface area contributed by atoms with E-state index in [4.69, 9.17) is 43.0 Å². The molecule has 0 bridgehead atoms. The summed E-state index contributed by atoms with van der Waals surface area (Å²) < 4.78 is 42.0. The number of rotatable bonds is 26. The number of aromatic nitrogens is 1. The molecule has 0 spiro atoms. The number of fused-ring (bicyclic) bond motifs is 1. The van der Waals surface area contributed by atoms with Crippen LogP contribution in [0.3, 0.4) is 0 Å². The molecule has 3 N–H and O–H groups in total. The molecule has 0 radical (unpaired) electrons. The molecule has 6 aromatic rings. The van der Waals surface area contributed by atoms with Crippen molar-refractivity contribution in [3.05, 3.63) is 156 Å².